The van der Waals surface area contributed by atoms with Crippen molar-refractivity contribution >= 4 is 38.7 Å². The molecule has 5 rings (SSSR count). The van der Waals surface area contributed by atoms with Crippen molar-refractivity contribution in [1.29, 1.82) is 0 Å². The molecule has 3 heterocycles. The molecule has 0 aliphatic carbocycles. The summed E-state index contributed by atoms with van der Waals surface area (Å²) in [6.45, 7) is 3.64. The number of rotatable bonds is 4. The molecule has 28 heavy (non-hydrogen) atoms. The van der Waals surface area contributed by atoms with Crippen molar-refractivity contribution in [3.8, 4) is 0 Å². The first-order valence-electron chi connectivity index (χ1n) is 9.26. The molecular weight excluding hydrogens is 461 g/mol. The Morgan fingerprint density at radius 3 is 2.64 bits per heavy atom. The van der Waals surface area contributed by atoms with Crippen LogP contribution >= 0.6 is 0 Å². The zero-order valence-corrected chi connectivity index (χ0v) is 18.1. The second kappa shape index (κ2) is 7.56. The van der Waals surface area contributed by atoms with Gasteiger partial charge in [-0.05, 0) is 55.0 Å². The smallest absolute Gasteiger partial charge is 0.292 e. The van der Waals surface area contributed by atoms with E-state index in [0.717, 1.165) is 12.2 Å². The van der Waals surface area contributed by atoms with Crippen LogP contribution < -0.4 is 33.7 Å². The largest absolute Gasteiger partial charge is 1.00 e. The number of aromatic nitrogens is 2. The van der Waals surface area contributed by atoms with Crippen molar-refractivity contribution in [3.05, 3.63) is 72.4 Å². The maximum Gasteiger partial charge on any atom is 0.292 e. The minimum absolute atomic E-state index is 0. The Labute approximate surface area is 180 Å². The third kappa shape index (κ3) is 3.08. The Hall–Kier alpha value is -2.38. The standard InChI is InChI=1S/C23H22N3O.HI/c1-16-3-4-17-6-10-23-25(22(17)13-16)15-20-8-5-18-14-19(24-11-12-27-2)7-9-21(18)26(20)23;/h3-10,13-15,24H,11-12H2,1-2H3;1H/q+1;/p-1. The van der Waals surface area contributed by atoms with Crippen LogP contribution in [0.4, 0.5) is 5.69 Å². The second-order valence-electron chi connectivity index (χ2n) is 7.04. The number of hydrogen-bond donors (Lipinski definition) is 1. The highest BCUT2D eigenvalue weighted by Gasteiger charge is 2.16. The highest BCUT2D eigenvalue weighted by Crippen LogP contribution is 2.24. The molecule has 0 atom stereocenters. The Morgan fingerprint density at radius 1 is 0.964 bits per heavy atom. The van der Waals surface area contributed by atoms with E-state index >= 15 is 0 Å². The molecule has 5 aromatic rings. The molecule has 0 radical (unpaired) electrons. The molecule has 0 bridgehead atoms. The average molecular weight is 483 g/mol. The van der Waals surface area contributed by atoms with Crippen molar-refractivity contribution in [2.75, 3.05) is 25.6 Å². The molecule has 5 heteroatoms. The predicted octanol–water partition coefficient (Wildman–Crippen LogP) is 1.36. The molecule has 0 saturated heterocycles. The van der Waals surface area contributed by atoms with Gasteiger partial charge in [-0.1, -0.05) is 12.1 Å². The van der Waals surface area contributed by atoms with E-state index in [1.54, 1.807) is 7.11 Å². The van der Waals surface area contributed by atoms with E-state index in [4.69, 9.17) is 4.74 Å². The predicted molar refractivity (Wildman–Crippen MR) is 111 cm³/mol. The maximum atomic E-state index is 5.12. The van der Waals surface area contributed by atoms with E-state index in [0.29, 0.717) is 6.61 Å². The molecule has 1 N–H and O–H groups in total. The lowest BCUT2D eigenvalue weighted by Gasteiger charge is -2.06. The summed E-state index contributed by atoms with van der Waals surface area (Å²) in [5.74, 6) is 0. The molecule has 0 aliphatic heterocycles. The maximum absolute atomic E-state index is 5.12. The number of benzene rings is 2. The SMILES string of the molecule is COCCNc1ccc2c(ccc3c[n+]4c5cc(C)ccc5ccc4n32)c1.[I-]. The Kier molecular flexibility index (Phi) is 5.12. The molecule has 0 amide bonds. The van der Waals surface area contributed by atoms with Gasteiger partial charge >= 0.3 is 0 Å². The zero-order valence-electron chi connectivity index (χ0n) is 15.9. The minimum atomic E-state index is 0. The number of imidazole rings is 1. The van der Waals surface area contributed by atoms with Crippen LogP contribution in [0.25, 0.3) is 33.0 Å². The average Bonchev–Trinajstić information content (AvgIpc) is 3.07. The number of halogens is 1. The fourth-order valence-electron chi connectivity index (χ4n) is 3.87. The molecule has 4 nitrogen and oxygen atoms in total. The fourth-order valence-corrected chi connectivity index (χ4v) is 3.87. The fraction of sp³-hybridized carbons (Fsp3) is 0.174. The first kappa shape index (κ1) is 19.0. The number of ether oxygens (including phenoxy) is 1. The second-order valence-corrected chi connectivity index (χ2v) is 7.04. The Bertz CT molecular complexity index is 1310. The summed E-state index contributed by atoms with van der Waals surface area (Å²) in [7, 11) is 1.72. The van der Waals surface area contributed by atoms with Crippen LogP contribution in [0, 0.1) is 6.92 Å². The first-order valence-corrected chi connectivity index (χ1v) is 9.26. The van der Waals surface area contributed by atoms with E-state index in [9.17, 15) is 0 Å². The van der Waals surface area contributed by atoms with E-state index in [1.165, 1.54) is 38.5 Å². The summed E-state index contributed by atoms with van der Waals surface area (Å²) >= 11 is 0. The highest BCUT2D eigenvalue weighted by atomic mass is 127. The van der Waals surface area contributed by atoms with Crippen molar-refractivity contribution in [3.63, 3.8) is 0 Å². The third-order valence-electron chi connectivity index (χ3n) is 5.19. The lowest BCUT2D eigenvalue weighted by Crippen LogP contribution is -3.00. The van der Waals surface area contributed by atoms with Crippen molar-refractivity contribution in [2.45, 2.75) is 6.92 Å². The monoisotopic (exact) mass is 483 g/mol. The van der Waals surface area contributed by atoms with Crippen LogP contribution in [0.2, 0.25) is 0 Å². The highest BCUT2D eigenvalue weighted by molar-refractivity contribution is 5.88. The Balaban J connectivity index is 0.00000192. The zero-order chi connectivity index (χ0) is 18.4. The van der Waals surface area contributed by atoms with E-state index in [-0.39, 0.29) is 24.0 Å². The summed E-state index contributed by atoms with van der Waals surface area (Å²) in [4.78, 5) is 0. The van der Waals surface area contributed by atoms with Crippen LogP contribution in [0.3, 0.4) is 0 Å². The molecule has 142 valence electrons. The molecule has 0 fully saturated rings. The first-order chi connectivity index (χ1) is 13.2. The summed E-state index contributed by atoms with van der Waals surface area (Å²) in [5.41, 5.74) is 7.20. The third-order valence-corrected chi connectivity index (χ3v) is 5.19. The lowest BCUT2D eigenvalue weighted by atomic mass is 10.1. The van der Waals surface area contributed by atoms with Crippen LogP contribution in [0.1, 0.15) is 5.56 Å². The van der Waals surface area contributed by atoms with Crippen LogP contribution in [-0.2, 0) is 4.74 Å². The van der Waals surface area contributed by atoms with Gasteiger partial charge in [0.25, 0.3) is 5.65 Å². The van der Waals surface area contributed by atoms with Gasteiger partial charge in [0.2, 0.25) is 0 Å². The molecular formula is C23H22IN3O. The van der Waals surface area contributed by atoms with E-state index in [2.05, 4.69) is 87.9 Å². The number of nitrogens with one attached hydrogen (secondary N) is 1. The van der Waals surface area contributed by atoms with Gasteiger partial charge in [-0.3, -0.25) is 0 Å². The Morgan fingerprint density at radius 2 is 1.79 bits per heavy atom. The summed E-state index contributed by atoms with van der Waals surface area (Å²) in [5, 5.41) is 5.88. The summed E-state index contributed by atoms with van der Waals surface area (Å²) in [6, 6.07) is 21.9. The van der Waals surface area contributed by atoms with Gasteiger partial charge in [0, 0.05) is 36.2 Å². The number of fused-ring (bicyclic) bond motifs is 7. The lowest BCUT2D eigenvalue weighted by molar-refractivity contribution is -0.479. The minimum Gasteiger partial charge on any atom is -1.00 e. The van der Waals surface area contributed by atoms with Crippen LogP contribution in [-0.4, -0.2) is 24.7 Å². The number of anilines is 1. The number of hydrogen-bond acceptors (Lipinski definition) is 2. The van der Waals surface area contributed by atoms with Crippen LogP contribution in [0.15, 0.2) is 66.9 Å². The molecule has 0 saturated carbocycles. The van der Waals surface area contributed by atoms with Gasteiger partial charge in [-0.15, -0.1) is 0 Å². The van der Waals surface area contributed by atoms with Gasteiger partial charge < -0.3 is 34.0 Å². The summed E-state index contributed by atoms with van der Waals surface area (Å²) < 4.78 is 9.74. The molecule has 0 spiro atoms. The molecule has 0 unspecified atom stereocenters. The van der Waals surface area contributed by atoms with Gasteiger partial charge in [0.05, 0.1) is 6.61 Å². The van der Waals surface area contributed by atoms with Gasteiger partial charge in [0.1, 0.15) is 17.2 Å². The van der Waals surface area contributed by atoms with Gasteiger partial charge in [0.15, 0.2) is 5.52 Å². The summed E-state index contributed by atoms with van der Waals surface area (Å²) in [6.07, 6.45) is 2.22. The molecule has 0 aliphatic rings. The van der Waals surface area contributed by atoms with Crippen molar-refractivity contribution in [2.24, 2.45) is 0 Å². The van der Waals surface area contributed by atoms with E-state index in [1.807, 2.05) is 0 Å². The number of aryl methyl sites for hydroxylation is 1. The van der Waals surface area contributed by atoms with Crippen molar-refractivity contribution in [1.82, 2.24) is 4.40 Å². The van der Waals surface area contributed by atoms with Crippen LogP contribution in [0.5, 0.6) is 0 Å². The number of pyridine rings is 2. The van der Waals surface area contributed by atoms with Gasteiger partial charge in [-0.2, -0.15) is 8.80 Å². The molecule has 2 aromatic carbocycles. The van der Waals surface area contributed by atoms with Gasteiger partial charge in [-0.25, -0.2) is 0 Å². The normalized spacial score (nSPS) is 11.4. The number of nitrogens with zero attached hydrogens (tertiary/aromatic N) is 2. The van der Waals surface area contributed by atoms with E-state index < -0.39 is 0 Å². The number of methoxy groups -OCH3 is 1. The quantitative estimate of drug-likeness (QED) is 0.238. The topological polar surface area (TPSA) is 29.8 Å². The molecule has 3 aromatic heterocycles. The van der Waals surface area contributed by atoms with Crippen molar-refractivity contribution < 1.29 is 33.1 Å².